The number of benzene rings is 1. The number of hydrogen-bond acceptors (Lipinski definition) is 2. The zero-order valence-corrected chi connectivity index (χ0v) is 14.5. The second kappa shape index (κ2) is 7.48. The van der Waals surface area contributed by atoms with E-state index >= 15 is 0 Å². The van der Waals surface area contributed by atoms with Gasteiger partial charge in [0.05, 0.1) is 0 Å². The van der Waals surface area contributed by atoms with Gasteiger partial charge in [-0.15, -0.1) is 0 Å². The first-order chi connectivity index (χ1) is 11.2. The van der Waals surface area contributed by atoms with Gasteiger partial charge in [0.15, 0.2) is 0 Å². The number of rotatable bonds is 6. The summed E-state index contributed by atoms with van der Waals surface area (Å²) >= 11 is 0. The first-order valence-electron chi connectivity index (χ1n) is 9.32. The molecule has 0 radical (unpaired) electrons. The molecule has 0 spiro atoms. The molecule has 3 atom stereocenters. The van der Waals surface area contributed by atoms with Crippen LogP contribution in [0, 0.1) is 11.8 Å². The molecule has 1 aliphatic heterocycles. The lowest BCUT2D eigenvalue weighted by Crippen LogP contribution is -2.51. The Labute approximate surface area is 140 Å². The zero-order valence-electron chi connectivity index (χ0n) is 14.5. The molecule has 0 bridgehead atoms. The molecule has 0 aromatic heterocycles. The fourth-order valence-electron chi connectivity index (χ4n) is 3.85. The highest BCUT2D eigenvalue weighted by atomic mass is 16.2. The van der Waals surface area contributed by atoms with Crippen LogP contribution >= 0.6 is 0 Å². The van der Waals surface area contributed by atoms with Crippen LogP contribution in [0.2, 0.25) is 0 Å². The SMILES string of the molecule is CCC(NC1CCN(C(=O)C2CC2)CC1CC)c1ccccc1. The van der Waals surface area contributed by atoms with E-state index in [9.17, 15) is 4.79 Å². The highest BCUT2D eigenvalue weighted by Crippen LogP contribution is 2.33. The molecular weight excluding hydrogens is 284 g/mol. The Morgan fingerprint density at radius 2 is 1.96 bits per heavy atom. The van der Waals surface area contributed by atoms with Crippen LogP contribution in [0.5, 0.6) is 0 Å². The van der Waals surface area contributed by atoms with E-state index in [2.05, 4.69) is 54.4 Å². The van der Waals surface area contributed by atoms with E-state index < -0.39 is 0 Å². The van der Waals surface area contributed by atoms with Crippen LogP contribution in [0.4, 0.5) is 0 Å². The molecule has 1 aliphatic carbocycles. The van der Waals surface area contributed by atoms with Gasteiger partial charge in [-0.2, -0.15) is 0 Å². The van der Waals surface area contributed by atoms with Crippen molar-refractivity contribution in [2.24, 2.45) is 11.8 Å². The van der Waals surface area contributed by atoms with Crippen LogP contribution in [0.3, 0.4) is 0 Å². The molecule has 3 unspecified atom stereocenters. The van der Waals surface area contributed by atoms with Gasteiger partial charge in [0.2, 0.25) is 5.91 Å². The maximum absolute atomic E-state index is 12.3. The van der Waals surface area contributed by atoms with Crippen molar-refractivity contribution in [3.05, 3.63) is 35.9 Å². The summed E-state index contributed by atoms with van der Waals surface area (Å²) in [5, 5.41) is 3.89. The van der Waals surface area contributed by atoms with Crippen LogP contribution in [-0.4, -0.2) is 29.9 Å². The molecule has 1 heterocycles. The van der Waals surface area contributed by atoms with E-state index in [4.69, 9.17) is 0 Å². The van der Waals surface area contributed by atoms with Crippen LogP contribution in [0.15, 0.2) is 30.3 Å². The van der Waals surface area contributed by atoms with E-state index in [0.717, 1.165) is 45.2 Å². The monoisotopic (exact) mass is 314 g/mol. The van der Waals surface area contributed by atoms with Gasteiger partial charge >= 0.3 is 0 Å². The second-order valence-corrected chi connectivity index (χ2v) is 7.16. The molecule has 1 saturated heterocycles. The van der Waals surface area contributed by atoms with E-state index in [1.165, 1.54) is 5.56 Å². The Morgan fingerprint density at radius 1 is 1.22 bits per heavy atom. The van der Waals surface area contributed by atoms with Gasteiger partial charge in [-0.05, 0) is 37.2 Å². The third-order valence-corrected chi connectivity index (χ3v) is 5.52. The van der Waals surface area contributed by atoms with Crippen molar-refractivity contribution in [1.29, 1.82) is 0 Å². The Hall–Kier alpha value is -1.35. The fraction of sp³-hybridized carbons (Fsp3) is 0.650. The standard InChI is InChI=1S/C20H30N2O/c1-3-15-14-22(20(23)17-10-11-17)13-12-19(15)21-18(4-2)16-8-6-5-7-9-16/h5-9,15,17-19,21H,3-4,10-14H2,1-2H3. The molecule has 2 fully saturated rings. The lowest BCUT2D eigenvalue weighted by atomic mass is 9.88. The van der Waals surface area contributed by atoms with Crippen LogP contribution < -0.4 is 5.32 Å². The van der Waals surface area contributed by atoms with E-state index in [1.807, 2.05) is 0 Å². The lowest BCUT2D eigenvalue weighted by molar-refractivity contribution is -0.134. The summed E-state index contributed by atoms with van der Waals surface area (Å²) < 4.78 is 0. The average Bonchev–Trinajstić information content (AvgIpc) is 3.45. The van der Waals surface area contributed by atoms with Gasteiger partial charge in [-0.1, -0.05) is 50.6 Å². The normalized spacial score (nSPS) is 26.1. The van der Waals surface area contributed by atoms with Crippen LogP contribution in [0.1, 0.15) is 57.6 Å². The Morgan fingerprint density at radius 3 is 2.57 bits per heavy atom. The number of nitrogens with one attached hydrogen (secondary N) is 1. The highest BCUT2D eigenvalue weighted by molar-refractivity contribution is 5.81. The summed E-state index contributed by atoms with van der Waals surface area (Å²) in [6.07, 6.45) is 5.54. The molecule has 23 heavy (non-hydrogen) atoms. The van der Waals surface area contributed by atoms with Gasteiger partial charge in [-0.25, -0.2) is 0 Å². The average molecular weight is 314 g/mol. The summed E-state index contributed by atoms with van der Waals surface area (Å²) in [4.78, 5) is 14.5. The number of nitrogens with zero attached hydrogens (tertiary/aromatic N) is 1. The molecule has 3 rings (SSSR count). The highest BCUT2D eigenvalue weighted by Gasteiger charge is 2.37. The predicted octanol–water partition coefficient (Wildman–Crippen LogP) is 3.76. The molecule has 1 amide bonds. The second-order valence-electron chi connectivity index (χ2n) is 7.16. The van der Waals surface area contributed by atoms with Gasteiger partial charge < -0.3 is 10.2 Å². The fourth-order valence-corrected chi connectivity index (χ4v) is 3.85. The van der Waals surface area contributed by atoms with Crippen molar-refractivity contribution in [1.82, 2.24) is 10.2 Å². The van der Waals surface area contributed by atoms with Crippen LogP contribution in [0.25, 0.3) is 0 Å². The summed E-state index contributed by atoms with van der Waals surface area (Å²) in [6.45, 7) is 6.37. The first kappa shape index (κ1) is 16.5. The zero-order chi connectivity index (χ0) is 16.2. The molecular formula is C20H30N2O. The van der Waals surface area contributed by atoms with Crippen molar-refractivity contribution >= 4 is 5.91 Å². The molecule has 2 aliphatic rings. The Bertz CT molecular complexity index is 512. The van der Waals surface area contributed by atoms with Crippen molar-refractivity contribution in [2.45, 2.75) is 58.0 Å². The van der Waals surface area contributed by atoms with Crippen molar-refractivity contribution in [3.63, 3.8) is 0 Å². The number of likely N-dealkylation sites (tertiary alicyclic amines) is 1. The third kappa shape index (κ3) is 3.95. The topological polar surface area (TPSA) is 32.3 Å². The number of carbonyl (C=O) groups is 1. The van der Waals surface area contributed by atoms with Gasteiger partial charge in [0.25, 0.3) is 0 Å². The van der Waals surface area contributed by atoms with Crippen molar-refractivity contribution in [3.8, 4) is 0 Å². The van der Waals surface area contributed by atoms with E-state index in [-0.39, 0.29) is 0 Å². The maximum atomic E-state index is 12.3. The molecule has 3 nitrogen and oxygen atoms in total. The van der Waals surface area contributed by atoms with Gasteiger partial charge in [0, 0.05) is 31.1 Å². The first-order valence-corrected chi connectivity index (χ1v) is 9.32. The number of hydrogen-bond donors (Lipinski definition) is 1. The summed E-state index contributed by atoms with van der Waals surface area (Å²) in [5.41, 5.74) is 1.38. The third-order valence-electron chi connectivity index (χ3n) is 5.52. The van der Waals surface area contributed by atoms with Crippen molar-refractivity contribution < 1.29 is 4.79 Å². The number of carbonyl (C=O) groups excluding carboxylic acids is 1. The van der Waals surface area contributed by atoms with Gasteiger partial charge in [-0.3, -0.25) is 4.79 Å². The van der Waals surface area contributed by atoms with Gasteiger partial charge in [0.1, 0.15) is 0 Å². The predicted molar refractivity (Wildman–Crippen MR) is 94.1 cm³/mol. The Balaban J connectivity index is 1.62. The maximum Gasteiger partial charge on any atom is 0.225 e. The molecule has 3 heteroatoms. The minimum atomic E-state index is 0.352. The molecule has 1 aromatic rings. The number of piperidine rings is 1. The molecule has 126 valence electrons. The summed E-state index contributed by atoms with van der Waals surface area (Å²) in [7, 11) is 0. The minimum absolute atomic E-state index is 0.352. The van der Waals surface area contributed by atoms with Crippen molar-refractivity contribution in [2.75, 3.05) is 13.1 Å². The lowest BCUT2D eigenvalue weighted by Gasteiger charge is -2.40. The Kier molecular flexibility index (Phi) is 5.37. The van der Waals surface area contributed by atoms with E-state index in [1.54, 1.807) is 0 Å². The summed E-state index contributed by atoms with van der Waals surface area (Å²) in [5.74, 6) is 1.34. The molecule has 1 saturated carbocycles. The summed E-state index contributed by atoms with van der Waals surface area (Å²) in [6, 6.07) is 11.7. The molecule has 1 aromatic carbocycles. The minimum Gasteiger partial charge on any atom is -0.342 e. The largest absolute Gasteiger partial charge is 0.342 e. The van der Waals surface area contributed by atoms with Crippen LogP contribution in [-0.2, 0) is 4.79 Å². The van der Waals surface area contributed by atoms with E-state index in [0.29, 0.717) is 29.8 Å². The quantitative estimate of drug-likeness (QED) is 0.867. The number of amides is 1. The molecule has 1 N–H and O–H groups in total. The smallest absolute Gasteiger partial charge is 0.225 e.